The Kier molecular flexibility index (Phi) is 6.86. The SMILES string of the molecule is COc1ccc(C(CO)N(C)CCC(=O)N2CCCCC2)cc1. The Hall–Kier alpha value is -1.59. The molecule has 0 spiro atoms. The number of likely N-dealkylation sites (N-methyl/N-ethyl adjacent to an activating group) is 1. The highest BCUT2D eigenvalue weighted by molar-refractivity contribution is 5.76. The molecular formula is C18H28N2O3. The Morgan fingerprint density at radius 2 is 1.91 bits per heavy atom. The number of likely N-dealkylation sites (tertiary alicyclic amines) is 1. The average Bonchev–Trinajstić information content (AvgIpc) is 2.61. The van der Waals surface area contributed by atoms with Gasteiger partial charge in [0.1, 0.15) is 5.75 Å². The zero-order chi connectivity index (χ0) is 16.7. The van der Waals surface area contributed by atoms with Crippen LogP contribution in [0.25, 0.3) is 0 Å². The first-order valence-electron chi connectivity index (χ1n) is 8.38. The van der Waals surface area contributed by atoms with Crippen LogP contribution in [0, 0.1) is 0 Å². The number of benzene rings is 1. The highest BCUT2D eigenvalue weighted by atomic mass is 16.5. The number of amides is 1. The Morgan fingerprint density at radius 1 is 1.26 bits per heavy atom. The van der Waals surface area contributed by atoms with Gasteiger partial charge in [-0.3, -0.25) is 9.69 Å². The highest BCUT2D eigenvalue weighted by Gasteiger charge is 2.20. The van der Waals surface area contributed by atoms with Crippen molar-refractivity contribution >= 4 is 5.91 Å². The van der Waals surface area contributed by atoms with Crippen LogP contribution in [-0.2, 0) is 4.79 Å². The van der Waals surface area contributed by atoms with Crippen molar-refractivity contribution < 1.29 is 14.6 Å². The third kappa shape index (κ3) is 4.94. The maximum Gasteiger partial charge on any atom is 0.223 e. The molecule has 1 atom stereocenters. The van der Waals surface area contributed by atoms with E-state index in [0.29, 0.717) is 13.0 Å². The van der Waals surface area contributed by atoms with Crippen molar-refractivity contribution in [3.05, 3.63) is 29.8 Å². The predicted molar refractivity (Wildman–Crippen MR) is 90.5 cm³/mol. The molecule has 1 fully saturated rings. The van der Waals surface area contributed by atoms with Gasteiger partial charge in [0.15, 0.2) is 0 Å². The van der Waals surface area contributed by atoms with Crippen molar-refractivity contribution in [2.24, 2.45) is 0 Å². The minimum Gasteiger partial charge on any atom is -0.497 e. The van der Waals surface area contributed by atoms with E-state index in [4.69, 9.17) is 4.74 Å². The molecule has 0 radical (unpaired) electrons. The van der Waals surface area contributed by atoms with Gasteiger partial charge >= 0.3 is 0 Å². The molecule has 1 saturated heterocycles. The molecule has 1 unspecified atom stereocenters. The summed E-state index contributed by atoms with van der Waals surface area (Å²) in [5.74, 6) is 1.02. The maximum atomic E-state index is 12.3. The van der Waals surface area contributed by atoms with Gasteiger partial charge in [-0.1, -0.05) is 12.1 Å². The number of methoxy groups -OCH3 is 1. The van der Waals surface area contributed by atoms with Crippen molar-refractivity contribution in [2.75, 3.05) is 40.4 Å². The Labute approximate surface area is 138 Å². The maximum absolute atomic E-state index is 12.3. The Morgan fingerprint density at radius 3 is 2.48 bits per heavy atom. The molecule has 1 aliphatic heterocycles. The van der Waals surface area contributed by atoms with Gasteiger partial charge in [-0.2, -0.15) is 0 Å². The van der Waals surface area contributed by atoms with E-state index in [1.54, 1.807) is 7.11 Å². The summed E-state index contributed by atoms with van der Waals surface area (Å²) in [6, 6.07) is 7.61. The Balaban J connectivity index is 1.88. The first kappa shape index (κ1) is 17.8. The van der Waals surface area contributed by atoms with E-state index in [1.807, 2.05) is 41.1 Å². The number of piperidine rings is 1. The molecule has 1 heterocycles. The van der Waals surface area contributed by atoms with Crippen molar-refractivity contribution in [1.82, 2.24) is 9.80 Å². The lowest BCUT2D eigenvalue weighted by molar-refractivity contribution is -0.132. The number of aliphatic hydroxyl groups is 1. The van der Waals surface area contributed by atoms with Crippen LogP contribution in [0.5, 0.6) is 5.75 Å². The van der Waals surface area contributed by atoms with E-state index >= 15 is 0 Å². The van der Waals surface area contributed by atoms with Crippen molar-refractivity contribution in [3.63, 3.8) is 0 Å². The van der Waals surface area contributed by atoms with Crippen molar-refractivity contribution in [1.29, 1.82) is 0 Å². The van der Waals surface area contributed by atoms with Crippen LogP contribution in [0.1, 0.15) is 37.3 Å². The normalized spacial score (nSPS) is 16.4. The van der Waals surface area contributed by atoms with Gasteiger partial charge in [0, 0.05) is 26.1 Å². The number of ether oxygens (including phenoxy) is 1. The number of carbonyl (C=O) groups excluding carboxylic acids is 1. The van der Waals surface area contributed by atoms with Gasteiger partial charge in [-0.05, 0) is 44.0 Å². The lowest BCUT2D eigenvalue weighted by Crippen LogP contribution is -2.38. The summed E-state index contributed by atoms with van der Waals surface area (Å²) in [5, 5.41) is 9.72. The molecule has 1 aromatic carbocycles. The number of hydrogen-bond donors (Lipinski definition) is 1. The third-order valence-electron chi connectivity index (χ3n) is 4.59. The topological polar surface area (TPSA) is 53.0 Å². The quantitative estimate of drug-likeness (QED) is 0.835. The molecule has 1 aromatic rings. The van der Waals surface area contributed by atoms with E-state index in [9.17, 15) is 9.90 Å². The molecule has 1 aliphatic rings. The lowest BCUT2D eigenvalue weighted by Gasteiger charge is -2.30. The molecule has 2 rings (SSSR count). The van der Waals surface area contributed by atoms with E-state index < -0.39 is 0 Å². The molecule has 0 saturated carbocycles. The molecule has 5 nitrogen and oxygen atoms in total. The van der Waals surface area contributed by atoms with E-state index in [1.165, 1.54) is 6.42 Å². The number of rotatable bonds is 7. The first-order valence-corrected chi connectivity index (χ1v) is 8.38. The largest absolute Gasteiger partial charge is 0.497 e. The van der Waals surface area contributed by atoms with Gasteiger partial charge in [0.2, 0.25) is 5.91 Å². The average molecular weight is 320 g/mol. The minimum atomic E-state index is -0.102. The fourth-order valence-corrected chi connectivity index (χ4v) is 3.05. The summed E-state index contributed by atoms with van der Waals surface area (Å²) >= 11 is 0. The van der Waals surface area contributed by atoms with Crippen LogP contribution in [0.2, 0.25) is 0 Å². The molecule has 0 aromatic heterocycles. The smallest absolute Gasteiger partial charge is 0.223 e. The molecule has 0 aliphatic carbocycles. The fourth-order valence-electron chi connectivity index (χ4n) is 3.05. The van der Waals surface area contributed by atoms with Gasteiger partial charge in [-0.15, -0.1) is 0 Å². The molecule has 5 heteroatoms. The van der Waals surface area contributed by atoms with Crippen molar-refractivity contribution in [3.8, 4) is 5.75 Å². The standard InChI is InChI=1S/C18H28N2O3/c1-19(13-10-18(22)20-11-4-3-5-12-20)17(14-21)15-6-8-16(23-2)9-7-15/h6-9,17,21H,3-5,10-14H2,1-2H3. The molecule has 128 valence electrons. The fraction of sp³-hybridized carbons (Fsp3) is 0.611. The molecule has 1 N–H and O–H groups in total. The Bertz CT molecular complexity index is 484. The predicted octanol–water partition coefficient (Wildman–Crippen LogP) is 2.06. The summed E-state index contributed by atoms with van der Waals surface area (Å²) in [7, 11) is 3.59. The van der Waals surface area contributed by atoms with Gasteiger partial charge in [0.05, 0.1) is 19.8 Å². The van der Waals surface area contributed by atoms with Crippen LogP contribution < -0.4 is 4.74 Å². The molecule has 1 amide bonds. The van der Waals surface area contributed by atoms with E-state index in [0.717, 1.165) is 37.2 Å². The number of hydrogen-bond acceptors (Lipinski definition) is 4. The second-order valence-electron chi connectivity index (χ2n) is 6.14. The van der Waals surface area contributed by atoms with E-state index in [-0.39, 0.29) is 18.6 Å². The van der Waals surface area contributed by atoms with Crippen LogP contribution >= 0.6 is 0 Å². The van der Waals surface area contributed by atoms with Crippen LogP contribution in [0.3, 0.4) is 0 Å². The molecular weight excluding hydrogens is 292 g/mol. The number of aliphatic hydroxyl groups excluding tert-OH is 1. The van der Waals surface area contributed by atoms with Crippen LogP contribution in [0.15, 0.2) is 24.3 Å². The number of carbonyl (C=O) groups is 1. The summed E-state index contributed by atoms with van der Waals surface area (Å²) in [4.78, 5) is 16.3. The molecule has 23 heavy (non-hydrogen) atoms. The van der Waals surface area contributed by atoms with E-state index in [2.05, 4.69) is 0 Å². The van der Waals surface area contributed by atoms with Gasteiger partial charge in [0.25, 0.3) is 0 Å². The third-order valence-corrected chi connectivity index (χ3v) is 4.59. The summed E-state index contributed by atoms with van der Waals surface area (Å²) < 4.78 is 5.16. The van der Waals surface area contributed by atoms with Crippen LogP contribution in [-0.4, -0.2) is 61.2 Å². The van der Waals surface area contributed by atoms with Gasteiger partial charge < -0.3 is 14.7 Å². The second kappa shape index (κ2) is 8.89. The lowest BCUT2D eigenvalue weighted by atomic mass is 10.1. The zero-order valence-electron chi connectivity index (χ0n) is 14.2. The van der Waals surface area contributed by atoms with Gasteiger partial charge in [-0.25, -0.2) is 0 Å². The molecule has 0 bridgehead atoms. The summed E-state index contributed by atoms with van der Waals surface area (Å²) in [6.45, 7) is 2.46. The van der Waals surface area contributed by atoms with Crippen molar-refractivity contribution in [2.45, 2.75) is 31.7 Å². The zero-order valence-corrected chi connectivity index (χ0v) is 14.2. The monoisotopic (exact) mass is 320 g/mol. The second-order valence-corrected chi connectivity index (χ2v) is 6.14. The summed E-state index contributed by atoms with van der Waals surface area (Å²) in [5.41, 5.74) is 1.03. The highest BCUT2D eigenvalue weighted by Crippen LogP contribution is 2.22. The summed E-state index contributed by atoms with van der Waals surface area (Å²) in [6.07, 6.45) is 3.97. The first-order chi connectivity index (χ1) is 11.2. The van der Waals surface area contributed by atoms with Crippen LogP contribution in [0.4, 0.5) is 0 Å². The minimum absolute atomic E-state index is 0.0285. The number of nitrogens with zero attached hydrogens (tertiary/aromatic N) is 2.